The first-order valence-corrected chi connectivity index (χ1v) is 10.9. The van der Waals surface area contributed by atoms with Gasteiger partial charge in [0.1, 0.15) is 5.52 Å². The summed E-state index contributed by atoms with van der Waals surface area (Å²) in [7, 11) is -4.01. The van der Waals surface area contributed by atoms with Crippen LogP contribution in [-0.4, -0.2) is 27.3 Å². The van der Waals surface area contributed by atoms with Crippen molar-refractivity contribution in [1.82, 2.24) is 13.9 Å². The van der Waals surface area contributed by atoms with E-state index in [0.717, 1.165) is 3.97 Å². The molecule has 0 aliphatic heterocycles. The molecule has 11 heteroatoms. The lowest BCUT2D eigenvalue weighted by molar-refractivity contribution is -0.383. The van der Waals surface area contributed by atoms with Crippen molar-refractivity contribution in [1.29, 1.82) is 0 Å². The van der Waals surface area contributed by atoms with Gasteiger partial charge in [-0.05, 0) is 17.2 Å². The number of para-hydroxylation sites is 1. The Morgan fingerprint density at radius 1 is 1.07 bits per heavy atom. The Labute approximate surface area is 180 Å². The van der Waals surface area contributed by atoms with Crippen LogP contribution in [0.15, 0.2) is 60.9 Å². The summed E-state index contributed by atoms with van der Waals surface area (Å²) in [4.78, 5) is 18.9. The molecule has 0 saturated heterocycles. The number of hydrogen-bond acceptors (Lipinski definition) is 6. The topological polar surface area (TPSA) is 108 Å². The fourth-order valence-electron chi connectivity index (χ4n) is 3.18. The van der Waals surface area contributed by atoms with Crippen molar-refractivity contribution in [2.75, 3.05) is 0 Å². The highest BCUT2D eigenvalue weighted by molar-refractivity contribution is 7.89. The number of hydrogen-bond donors (Lipinski definition) is 0. The Hall–Kier alpha value is -3.01. The summed E-state index contributed by atoms with van der Waals surface area (Å²) in [5.41, 5.74) is 0.587. The Morgan fingerprint density at radius 3 is 2.50 bits per heavy atom. The van der Waals surface area contributed by atoms with Crippen LogP contribution in [0.4, 0.5) is 5.69 Å². The third-order valence-electron chi connectivity index (χ3n) is 4.43. The fourth-order valence-corrected chi connectivity index (χ4v) is 4.99. The lowest BCUT2D eigenvalue weighted by Crippen LogP contribution is -2.14. The van der Waals surface area contributed by atoms with Gasteiger partial charge in [0.05, 0.1) is 27.6 Å². The van der Waals surface area contributed by atoms with E-state index in [4.69, 9.17) is 23.2 Å². The van der Waals surface area contributed by atoms with Crippen LogP contribution in [0.1, 0.15) is 5.56 Å². The number of aromatic nitrogens is 3. The number of nitrogens with zero attached hydrogens (tertiary/aromatic N) is 4. The predicted molar refractivity (Wildman–Crippen MR) is 114 cm³/mol. The van der Waals surface area contributed by atoms with Gasteiger partial charge in [-0.25, -0.2) is 22.4 Å². The van der Waals surface area contributed by atoms with E-state index in [1.807, 2.05) is 0 Å². The summed E-state index contributed by atoms with van der Waals surface area (Å²) in [6.07, 6.45) is 2.56. The molecule has 30 heavy (non-hydrogen) atoms. The van der Waals surface area contributed by atoms with Crippen LogP contribution >= 0.6 is 23.2 Å². The first-order chi connectivity index (χ1) is 14.3. The molecule has 4 rings (SSSR count). The standard InChI is InChI=1S/C19H12Cl2N4O4S/c20-15-9-22-19(21)23-17(15)14-10-24(18-13(14)7-4-8-16(18)25(26)27)30(28,29)11-12-5-2-1-3-6-12/h1-10H,11H2. The van der Waals surface area contributed by atoms with Crippen molar-refractivity contribution >= 4 is 49.8 Å². The lowest BCUT2D eigenvalue weighted by Gasteiger charge is -2.08. The molecule has 0 bridgehead atoms. The molecule has 8 nitrogen and oxygen atoms in total. The monoisotopic (exact) mass is 462 g/mol. The zero-order valence-electron chi connectivity index (χ0n) is 15.1. The number of non-ortho nitro benzene ring substituents is 1. The molecule has 2 aromatic heterocycles. The first kappa shape index (κ1) is 20.3. The molecule has 0 amide bonds. The molecule has 2 aromatic carbocycles. The number of benzene rings is 2. The van der Waals surface area contributed by atoms with Crippen molar-refractivity contribution in [2.24, 2.45) is 0 Å². The number of nitro groups is 1. The van der Waals surface area contributed by atoms with Gasteiger partial charge in [-0.1, -0.05) is 54.1 Å². The molecule has 0 aliphatic rings. The molecule has 152 valence electrons. The second-order valence-corrected chi connectivity index (χ2v) is 8.94. The average molecular weight is 463 g/mol. The van der Waals surface area contributed by atoms with Crippen LogP contribution in [0.5, 0.6) is 0 Å². The molecule has 4 aromatic rings. The van der Waals surface area contributed by atoms with E-state index >= 15 is 0 Å². The van der Waals surface area contributed by atoms with Crippen LogP contribution < -0.4 is 0 Å². The Bertz CT molecular complexity index is 1390. The highest BCUT2D eigenvalue weighted by atomic mass is 35.5. The predicted octanol–water partition coefficient (Wildman–Crippen LogP) is 4.69. The van der Waals surface area contributed by atoms with Gasteiger partial charge in [0, 0.05) is 23.2 Å². The first-order valence-electron chi connectivity index (χ1n) is 8.52. The number of rotatable bonds is 5. The van der Waals surface area contributed by atoms with Crippen molar-refractivity contribution in [3.63, 3.8) is 0 Å². The van der Waals surface area contributed by atoms with Gasteiger partial charge in [0.15, 0.2) is 0 Å². The van der Waals surface area contributed by atoms with Gasteiger partial charge in [-0.15, -0.1) is 0 Å². The lowest BCUT2D eigenvalue weighted by atomic mass is 10.1. The summed E-state index contributed by atoms with van der Waals surface area (Å²) in [6, 6.07) is 12.8. The molecule has 0 radical (unpaired) electrons. The van der Waals surface area contributed by atoms with E-state index in [9.17, 15) is 18.5 Å². The maximum Gasteiger partial charge on any atom is 0.294 e. The SMILES string of the molecule is O=[N+]([O-])c1cccc2c(-c3nc(Cl)ncc3Cl)cn(S(=O)(=O)Cc3ccccc3)c12. The van der Waals surface area contributed by atoms with Gasteiger partial charge in [-0.3, -0.25) is 10.1 Å². The minimum atomic E-state index is -4.01. The third kappa shape index (κ3) is 3.62. The van der Waals surface area contributed by atoms with E-state index < -0.39 is 14.9 Å². The van der Waals surface area contributed by atoms with Crippen LogP contribution in [0, 0.1) is 10.1 Å². The van der Waals surface area contributed by atoms with Gasteiger partial charge < -0.3 is 0 Å². The molecule has 0 saturated carbocycles. The maximum atomic E-state index is 13.2. The van der Waals surface area contributed by atoms with E-state index in [1.165, 1.54) is 24.5 Å². The fraction of sp³-hybridized carbons (Fsp3) is 0.0526. The van der Waals surface area contributed by atoms with E-state index in [1.54, 1.807) is 36.4 Å². The van der Waals surface area contributed by atoms with Gasteiger partial charge in [-0.2, -0.15) is 0 Å². The van der Waals surface area contributed by atoms with Crippen LogP contribution in [0.3, 0.4) is 0 Å². The zero-order chi connectivity index (χ0) is 21.5. The quantitative estimate of drug-likeness (QED) is 0.241. The molecule has 0 unspecified atom stereocenters. The number of fused-ring (bicyclic) bond motifs is 1. The van der Waals surface area contributed by atoms with E-state index in [-0.39, 0.29) is 33.0 Å². The Kier molecular flexibility index (Phi) is 5.19. The summed E-state index contributed by atoms with van der Waals surface area (Å²) in [5, 5.41) is 12.0. The van der Waals surface area contributed by atoms with Gasteiger partial charge in [0.25, 0.3) is 5.69 Å². The highest BCUT2D eigenvalue weighted by Gasteiger charge is 2.27. The Balaban J connectivity index is 2.02. The molecule has 0 N–H and O–H groups in total. The average Bonchev–Trinajstić information content (AvgIpc) is 3.10. The van der Waals surface area contributed by atoms with Crippen molar-refractivity contribution < 1.29 is 13.3 Å². The van der Waals surface area contributed by atoms with Crippen LogP contribution in [-0.2, 0) is 15.8 Å². The largest absolute Gasteiger partial charge is 0.294 e. The van der Waals surface area contributed by atoms with Crippen molar-refractivity contribution in [2.45, 2.75) is 5.75 Å². The molecule has 0 aliphatic carbocycles. The minimum Gasteiger partial charge on any atom is -0.258 e. The van der Waals surface area contributed by atoms with Crippen LogP contribution in [0.25, 0.3) is 22.2 Å². The number of halogens is 2. The van der Waals surface area contributed by atoms with Crippen LogP contribution in [0.2, 0.25) is 10.3 Å². The van der Waals surface area contributed by atoms with E-state index in [0.29, 0.717) is 16.5 Å². The minimum absolute atomic E-state index is 0.0702. The molecule has 0 spiro atoms. The second kappa shape index (κ2) is 7.67. The van der Waals surface area contributed by atoms with Gasteiger partial charge in [0.2, 0.25) is 15.3 Å². The summed E-state index contributed by atoms with van der Waals surface area (Å²) < 4.78 is 27.4. The maximum absolute atomic E-state index is 13.2. The summed E-state index contributed by atoms with van der Waals surface area (Å²) in [5.74, 6) is -0.346. The highest BCUT2D eigenvalue weighted by Crippen LogP contribution is 2.38. The molecule has 0 atom stereocenters. The normalized spacial score (nSPS) is 11.7. The molecular formula is C19H12Cl2N4O4S. The number of nitro benzene ring substituents is 1. The zero-order valence-corrected chi connectivity index (χ0v) is 17.4. The van der Waals surface area contributed by atoms with Crippen molar-refractivity contribution in [3.05, 3.63) is 86.9 Å². The molecule has 0 fully saturated rings. The van der Waals surface area contributed by atoms with Crippen molar-refractivity contribution in [3.8, 4) is 11.3 Å². The third-order valence-corrected chi connectivity index (χ3v) is 6.47. The molecule has 2 heterocycles. The van der Waals surface area contributed by atoms with Gasteiger partial charge >= 0.3 is 0 Å². The summed E-state index contributed by atoms with van der Waals surface area (Å²) in [6.45, 7) is 0. The smallest absolute Gasteiger partial charge is 0.258 e. The Morgan fingerprint density at radius 2 is 1.80 bits per heavy atom. The second-order valence-electron chi connectivity index (χ2n) is 6.35. The molecular weight excluding hydrogens is 451 g/mol. The van der Waals surface area contributed by atoms with E-state index in [2.05, 4.69) is 9.97 Å². The summed E-state index contributed by atoms with van der Waals surface area (Å²) >= 11 is 12.1.